The van der Waals surface area contributed by atoms with Crippen LogP contribution in [0.25, 0.3) is 0 Å². The van der Waals surface area contributed by atoms with Crippen molar-refractivity contribution >= 4 is 6.09 Å². The number of hydrogen-bond donors (Lipinski definition) is 1. The molecule has 5 nitrogen and oxygen atoms in total. The van der Waals surface area contributed by atoms with Crippen LogP contribution in [0.5, 0.6) is 0 Å². The zero-order valence-electron chi connectivity index (χ0n) is 11.8. The van der Waals surface area contributed by atoms with Crippen LogP contribution in [0.1, 0.15) is 27.7 Å². The summed E-state index contributed by atoms with van der Waals surface area (Å²) in [6.07, 6.45) is -0.206. The van der Waals surface area contributed by atoms with Gasteiger partial charge < -0.3 is 19.7 Å². The molecule has 5 heteroatoms. The summed E-state index contributed by atoms with van der Waals surface area (Å²) in [7, 11) is 0. The summed E-state index contributed by atoms with van der Waals surface area (Å²) in [5.74, 6) is 0. The van der Waals surface area contributed by atoms with Crippen molar-refractivity contribution in [3.05, 3.63) is 0 Å². The highest BCUT2D eigenvalue weighted by atomic mass is 16.6. The number of rotatable bonds is 1. The van der Waals surface area contributed by atoms with Gasteiger partial charge in [-0.15, -0.1) is 0 Å². The second-order valence-corrected chi connectivity index (χ2v) is 6.54. The van der Waals surface area contributed by atoms with Gasteiger partial charge in [-0.2, -0.15) is 0 Å². The molecular weight excluding hydrogens is 232 g/mol. The van der Waals surface area contributed by atoms with E-state index >= 15 is 0 Å². The molecule has 18 heavy (non-hydrogen) atoms. The number of carbonyl (C=O) groups is 1. The van der Waals surface area contributed by atoms with Crippen molar-refractivity contribution in [2.75, 3.05) is 32.8 Å². The highest BCUT2D eigenvalue weighted by molar-refractivity contribution is 5.69. The lowest BCUT2D eigenvalue weighted by Gasteiger charge is -2.50. The molecule has 1 unspecified atom stereocenters. The lowest BCUT2D eigenvalue weighted by molar-refractivity contribution is -0.145. The Bertz CT molecular complexity index is 321. The Balaban J connectivity index is 2.06. The lowest BCUT2D eigenvalue weighted by atomic mass is 9.79. The molecule has 104 valence electrons. The van der Waals surface area contributed by atoms with Gasteiger partial charge in [0, 0.05) is 25.0 Å². The second kappa shape index (κ2) is 4.70. The van der Waals surface area contributed by atoms with Crippen molar-refractivity contribution in [1.82, 2.24) is 10.2 Å². The molecule has 2 heterocycles. The molecule has 0 spiro atoms. The Morgan fingerprint density at radius 2 is 2.11 bits per heavy atom. The largest absolute Gasteiger partial charge is 0.444 e. The molecule has 0 aromatic heterocycles. The average molecular weight is 256 g/mol. The van der Waals surface area contributed by atoms with Gasteiger partial charge in [-0.1, -0.05) is 6.92 Å². The predicted octanol–water partition coefficient (Wildman–Crippen LogP) is 1.23. The van der Waals surface area contributed by atoms with E-state index in [9.17, 15) is 4.79 Å². The maximum atomic E-state index is 12.2. The minimum Gasteiger partial charge on any atom is -0.444 e. The first kappa shape index (κ1) is 13.6. The van der Waals surface area contributed by atoms with Crippen LogP contribution in [-0.4, -0.2) is 55.5 Å². The number of amides is 1. The Kier molecular flexibility index (Phi) is 3.56. The quantitative estimate of drug-likeness (QED) is 0.766. The van der Waals surface area contributed by atoms with E-state index < -0.39 is 5.60 Å². The molecule has 1 N–H and O–H groups in total. The van der Waals surface area contributed by atoms with Crippen molar-refractivity contribution < 1.29 is 14.3 Å². The van der Waals surface area contributed by atoms with Gasteiger partial charge >= 0.3 is 6.09 Å². The summed E-state index contributed by atoms with van der Waals surface area (Å²) < 4.78 is 10.8. The molecule has 0 saturated carbocycles. The molecule has 2 rings (SSSR count). The second-order valence-electron chi connectivity index (χ2n) is 6.54. The molecule has 0 aromatic carbocycles. The van der Waals surface area contributed by atoms with Crippen molar-refractivity contribution in [2.45, 2.75) is 39.3 Å². The van der Waals surface area contributed by atoms with Crippen LogP contribution in [0, 0.1) is 5.41 Å². The standard InChI is InChI=1S/C13H24N2O3/c1-12(2,3)18-11(16)15-6-5-14-7-10(15)13(4)8-17-9-13/h10,14H,5-9H2,1-4H3. The summed E-state index contributed by atoms with van der Waals surface area (Å²) in [6, 6.07) is 0.162. The number of piperazine rings is 1. The van der Waals surface area contributed by atoms with Gasteiger partial charge in [0.15, 0.2) is 0 Å². The topological polar surface area (TPSA) is 50.8 Å². The monoisotopic (exact) mass is 256 g/mol. The first-order chi connectivity index (χ1) is 8.32. The molecule has 0 bridgehead atoms. The zero-order chi connectivity index (χ0) is 13.4. The molecule has 0 aliphatic carbocycles. The Labute approximate surface area is 109 Å². The van der Waals surface area contributed by atoms with Crippen LogP contribution in [0.3, 0.4) is 0 Å². The number of ether oxygens (including phenoxy) is 2. The first-order valence-corrected chi connectivity index (χ1v) is 6.60. The van der Waals surface area contributed by atoms with E-state index in [0.29, 0.717) is 6.54 Å². The third-order valence-corrected chi connectivity index (χ3v) is 3.54. The predicted molar refractivity (Wildman–Crippen MR) is 68.5 cm³/mol. The highest BCUT2D eigenvalue weighted by Crippen LogP contribution is 2.35. The fourth-order valence-corrected chi connectivity index (χ4v) is 2.48. The Morgan fingerprint density at radius 3 is 2.61 bits per heavy atom. The van der Waals surface area contributed by atoms with Gasteiger partial charge in [0.05, 0.1) is 19.3 Å². The maximum Gasteiger partial charge on any atom is 0.410 e. The molecule has 1 amide bonds. The smallest absolute Gasteiger partial charge is 0.410 e. The summed E-state index contributed by atoms with van der Waals surface area (Å²) in [5, 5.41) is 3.35. The van der Waals surface area contributed by atoms with Gasteiger partial charge in [-0.05, 0) is 20.8 Å². The fraction of sp³-hybridized carbons (Fsp3) is 0.923. The van der Waals surface area contributed by atoms with Crippen molar-refractivity contribution in [2.24, 2.45) is 5.41 Å². The van der Waals surface area contributed by atoms with Crippen LogP contribution in [0.15, 0.2) is 0 Å². The number of carbonyl (C=O) groups excluding carboxylic acids is 1. The summed E-state index contributed by atoms with van der Waals surface area (Å²) in [5.41, 5.74) is -0.381. The molecule has 0 radical (unpaired) electrons. The SMILES string of the molecule is CC(C)(C)OC(=O)N1CCNCC1C1(C)COC1. The van der Waals surface area contributed by atoms with E-state index in [0.717, 1.165) is 26.3 Å². The molecule has 1 atom stereocenters. The van der Waals surface area contributed by atoms with Crippen LogP contribution >= 0.6 is 0 Å². The zero-order valence-corrected chi connectivity index (χ0v) is 11.8. The molecule has 2 aliphatic rings. The van der Waals surface area contributed by atoms with Crippen LogP contribution in [0.4, 0.5) is 4.79 Å². The van der Waals surface area contributed by atoms with Crippen molar-refractivity contribution in [3.8, 4) is 0 Å². The number of nitrogens with zero attached hydrogens (tertiary/aromatic N) is 1. The van der Waals surface area contributed by atoms with E-state index in [1.807, 2.05) is 25.7 Å². The number of nitrogens with one attached hydrogen (secondary N) is 1. The van der Waals surface area contributed by atoms with Gasteiger partial charge in [-0.25, -0.2) is 4.79 Å². The maximum absolute atomic E-state index is 12.2. The minimum atomic E-state index is -0.441. The lowest BCUT2D eigenvalue weighted by Crippen LogP contribution is -2.65. The van der Waals surface area contributed by atoms with E-state index in [1.165, 1.54) is 0 Å². The Hall–Kier alpha value is -0.810. The van der Waals surface area contributed by atoms with Crippen LogP contribution in [-0.2, 0) is 9.47 Å². The number of hydrogen-bond acceptors (Lipinski definition) is 4. The molecule has 2 fully saturated rings. The molecular formula is C13H24N2O3. The first-order valence-electron chi connectivity index (χ1n) is 6.60. The van der Waals surface area contributed by atoms with Gasteiger partial charge in [0.2, 0.25) is 0 Å². The third-order valence-electron chi connectivity index (χ3n) is 3.54. The Morgan fingerprint density at radius 1 is 1.44 bits per heavy atom. The molecule has 2 aliphatic heterocycles. The van der Waals surface area contributed by atoms with Gasteiger partial charge in [-0.3, -0.25) is 0 Å². The summed E-state index contributed by atoms with van der Waals surface area (Å²) in [4.78, 5) is 14.1. The van der Waals surface area contributed by atoms with Crippen molar-refractivity contribution in [1.29, 1.82) is 0 Å². The van der Waals surface area contributed by atoms with E-state index in [2.05, 4.69) is 12.2 Å². The van der Waals surface area contributed by atoms with Crippen LogP contribution < -0.4 is 5.32 Å². The minimum absolute atomic E-state index is 0.0598. The molecule has 2 saturated heterocycles. The normalized spacial score (nSPS) is 27.6. The summed E-state index contributed by atoms with van der Waals surface area (Å²) >= 11 is 0. The van der Waals surface area contributed by atoms with Crippen molar-refractivity contribution in [3.63, 3.8) is 0 Å². The van der Waals surface area contributed by atoms with Crippen LogP contribution in [0.2, 0.25) is 0 Å². The van der Waals surface area contributed by atoms with E-state index in [4.69, 9.17) is 9.47 Å². The summed E-state index contributed by atoms with van der Waals surface area (Å²) in [6.45, 7) is 11.7. The van der Waals surface area contributed by atoms with Gasteiger partial charge in [0.1, 0.15) is 5.60 Å². The third kappa shape index (κ3) is 2.78. The van der Waals surface area contributed by atoms with E-state index in [-0.39, 0.29) is 17.6 Å². The average Bonchev–Trinajstić information content (AvgIpc) is 2.23. The van der Waals surface area contributed by atoms with Gasteiger partial charge in [0.25, 0.3) is 0 Å². The van der Waals surface area contributed by atoms with E-state index in [1.54, 1.807) is 0 Å². The fourth-order valence-electron chi connectivity index (χ4n) is 2.48. The molecule has 0 aromatic rings. The highest BCUT2D eigenvalue weighted by Gasteiger charge is 2.47.